The zero-order chi connectivity index (χ0) is 54.4. The lowest BCUT2D eigenvalue weighted by Crippen LogP contribution is -2.43. The molecule has 4 amide bonds. The van der Waals surface area contributed by atoms with E-state index in [2.05, 4.69) is 5.32 Å². The second-order valence-corrected chi connectivity index (χ2v) is 20.0. The lowest BCUT2D eigenvalue weighted by Gasteiger charge is -2.28. The van der Waals surface area contributed by atoms with E-state index in [0.29, 0.717) is 74.8 Å². The highest BCUT2D eigenvalue weighted by Gasteiger charge is 2.53. The molecule has 14 nitrogen and oxygen atoms in total. The summed E-state index contributed by atoms with van der Waals surface area (Å²) in [5.74, 6) is -0.766. The van der Waals surface area contributed by atoms with E-state index in [-0.39, 0.29) is 67.2 Å². The molecule has 0 aliphatic carbocycles. The number of nitrogens with zero attached hydrogens (tertiary/aromatic N) is 6. The van der Waals surface area contributed by atoms with Crippen LogP contribution in [0.3, 0.4) is 0 Å². The van der Waals surface area contributed by atoms with Crippen molar-refractivity contribution in [2.75, 3.05) is 19.5 Å². The Bertz CT molecular complexity index is 3730. The van der Waals surface area contributed by atoms with Crippen molar-refractivity contribution < 1.29 is 33.0 Å². The van der Waals surface area contributed by atoms with Gasteiger partial charge in [-0.1, -0.05) is 152 Å². The fourth-order valence-electron chi connectivity index (χ4n) is 11.4. The van der Waals surface area contributed by atoms with Gasteiger partial charge in [-0.3, -0.25) is 29.0 Å². The monoisotopic (exact) mass is 1050 g/mol. The van der Waals surface area contributed by atoms with Gasteiger partial charge in [0, 0.05) is 37.4 Å². The van der Waals surface area contributed by atoms with Crippen molar-refractivity contribution in [3.05, 3.63) is 267 Å². The number of nitrogens with one attached hydrogen (secondary N) is 1. The van der Waals surface area contributed by atoms with E-state index in [4.69, 9.17) is 25.2 Å². The molecule has 15 heteroatoms. The number of nitrogens with two attached hydrogens (primary N) is 1. The first-order valence-corrected chi connectivity index (χ1v) is 25.9. The maximum absolute atomic E-state index is 15.7. The predicted octanol–water partition coefficient (Wildman–Crippen LogP) is 9.51. The summed E-state index contributed by atoms with van der Waals surface area (Å²) < 4.78 is 26.2. The molecule has 3 N–H and O–H groups in total. The molecule has 0 saturated carbocycles. The summed E-state index contributed by atoms with van der Waals surface area (Å²) in [6.45, 7) is 1.24. The largest absolute Gasteiger partial charge is 0.496 e. The van der Waals surface area contributed by atoms with Gasteiger partial charge < -0.3 is 30.3 Å². The van der Waals surface area contributed by atoms with Crippen LogP contribution in [0, 0.1) is 5.82 Å². The summed E-state index contributed by atoms with van der Waals surface area (Å²) in [7, 11) is 3.01. The molecule has 0 spiro atoms. The average Bonchev–Trinajstić information content (AvgIpc) is 4.32. The third-order valence-electron chi connectivity index (χ3n) is 15.3. The standard InChI is InChI=1S/C64H53FN8O6/c1-78-55-31-29-42(33-51(55)57(74)70-37-43-16-12-13-17-44(43)38-70)36-73-60(77)63(46-19-6-3-7-20-46,47-21-8-4-9-22-47)69-62(73)67-50-26-15-25-49(34-50)64(48-23-10-5-11-24-48)59(76)72(61(66)68-64)35-41-28-30-56(79-2)52(32-41)58(75)71-39-45-18-14-27-54(65)53(45)40-71/h3-34H,35-40H2,1-2H3,(H2,66,68)(H,67,69). The van der Waals surface area contributed by atoms with Gasteiger partial charge in [-0.2, -0.15) is 0 Å². The van der Waals surface area contributed by atoms with Gasteiger partial charge in [-0.15, -0.1) is 0 Å². The van der Waals surface area contributed by atoms with Crippen LogP contribution in [0.25, 0.3) is 0 Å². The number of aliphatic imine (C=N–C) groups is 2. The number of carbonyl (C=O) groups excluding carboxylic acids is 4. The Labute approximate surface area is 455 Å². The smallest absolute Gasteiger partial charge is 0.266 e. The van der Waals surface area contributed by atoms with Crippen molar-refractivity contribution >= 4 is 41.2 Å². The first kappa shape index (κ1) is 50.0. The molecular formula is C64H53FN8O6. The molecule has 79 heavy (non-hydrogen) atoms. The van der Waals surface area contributed by atoms with Gasteiger partial charge in [0.05, 0.1) is 38.4 Å². The van der Waals surface area contributed by atoms with Gasteiger partial charge in [-0.25, -0.2) is 14.4 Å². The number of methoxy groups -OCH3 is 2. The number of fused-ring (bicyclic) bond motifs is 2. The predicted molar refractivity (Wildman–Crippen MR) is 297 cm³/mol. The molecule has 4 aliphatic heterocycles. The average molecular weight is 1050 g/mol. The number of hydrogen-bond donors (Lipinski definition) is 2. The van der Waals surface area contributed by atoms with Crippen LogP contribution in [0.15, 0.2) is 204 Å². The van der Waals surface area contributed by atoms with Gasteiger partial charge in [0.2, 0.25) is 5.96 Å². The fraction of sp³-hybridized carbons (Fsp3) is 0.156. The first-order chi connectivity index (χ1) is 38.5. The normalized spacial score (nSPS) is 17.1. The van der Waals surface area contributed by atoms with E-state index in [1.165, 1.54) is 25.2 Å². The van der Waals surface area contributed by atoms with Gasteiger partial charge >= 0.3 is 0 Å². The Hall–Kier alpha value is -9.89. The highest BCUT2D eigenvalue weighted by atomic mass is 19.1. The van der Waals surface area contributed by atoms with Crippen molar-refractivity contribution in [3.8, 4) is 11.5 Å². The van der Waals surface area contributed by atoms with Crippen LogP contribution in [0.2, 0.25) is 0 Å². The Morgan fingerprint density at radius 2 is 0.987 bits per heavy atom. The van der Waals surface area contributed by atoms with Crippen LogP contribution in [-0.2, 0) is 59.9 Å². The van der Waals surface area contributed by atoms with Crippen LogP contribution in [0.5, 0.6) is 11.5 Å². The van der Waals surface area contributed by atoms with Gasteiger partial charge in [-0.05, 0) is 92.5 Å². The Morgan fingerprint density at radius 3 is 1.53 bits per heavy atom. The van der Waals surface area contributed by atoms with Crippen molar-refractivity contribution in [1.82, 2.24) is 19.6 Å². The number of guanidine groups is 2. The van der Waals surface area contributed by atoms with E-state index in [0.717, 1.165) is 16.7 Å². The van der Waals surface area contributed by atoms with Gasteiger partial charge in [0.1, 0.15) is 17.3 Å². The van der Waals surface area contributed by atoms with E-state index >= 15 is 9.59 Å². The number of carbonyl (C=O) groups is 4. The number of benzene rings is 8. The minimum absolute atomic E-state index is 0.0153. The Balaban J connectivity index is 0.891. The number of anilines is 1. The third kappa shape index (κ3) is 8.69. The zero-order valence-corrected chi connectivity index (χ0v) is 43.3. The van der Waals surface area contributed by atoms with Crippen molar-refractivity contribution in [2.24, 2.45) is 15.7 Å². The lowest BCUT2D eigenvalue weighted by molar-refractivity contribution is -0.131. The molecule has 1 atom stereocenters. The van der Waals surface area contributed by atoms with Crippen LogP contribution in [-0.4, -0.2) is 69.4 Å². The van der Waals surface area contributed by atoms with E-state index in [1.807, 2.05) is 140 Å². The molecule has 4 aliphatic rings. The van der Waals surface area contributed by atoms with E-state index in [9.17, 15) is 14.0 Å². The molecule has 8 aromatic carbocycles. The van der Waals surface area contributed by atoms with Gasteiger partial charge in [0.25, 0.3) is 23.6 Å². The quantitative estimate of drug-likeness (QED) is 0.115. The summed E-state index contributed by atoms with van der Waals surface area (Å²) in [5.41, 5.74) is 11.7. The second-order valence-electron chi connectivity index (χ2n) is 20.0. The molecular weight excluding hydrogens is 996 g/mol. The molecule has 1 unspecified atom stereocenters. The summed E-state index contributed by atoms with van der Waals surface area (Å²) in [5, 5.41) is 3.50. The minimum Gasteiger partial charge on any atom is -0.496 e. The molecule has 4 heterocycles. The van der Waals surface area contributed by atoms with Crippen molar-refractivity contribution in [3.63, 3.8) is 0 Å². The first-order valence-electron chi connectivity index (χ1n) is 25.9. The molecule has 0 aromatic heterocycles. The summed E-state index contributed by atoms with van der Waals surface area (Å²) >= 11 is 0. The Morgan fingerprint density at radius 1 is 0.532 bits per heavy atom. The highest BCUT2D eigenvalue weighted by molar-refractivity contribution is 6.14. The lowest BCUT2D eigenvalue weighted by atomic mass is 9.82. The van der Waals surface area contributed by atoms with Crippen LogP contribution in [0.4, 0.5) is 10.1 Å². The topological polar surface area (TPSA) is 162 Å². The molecule has 12 rings (SSSR count). The summed E-state index contributed by atoms with van der Waals surface area (Å²) in [6, 6.07) is 58.5. The third-order valence-corrected chi connectivity index (χ3v) is 15.3. The second kappa shape index (κ2) is 20.2. The molecule has 392 valence electrons. The van der Waals surface area contributed by atoms with Crippen molar-refractivity contribution in [1.29, 1.82) is 0 Å². The molecule has 0 saturated heterocycles. The number of amides is 4. The summed E-state index contributed by atoms with van der Waals surface area (Å²) in [4.78, 5) is 76.3. The molecule has 0 fully saturated rings. The number of ether oxygens (including phenoxy) is 2. The molecule has 0 radical (unpaired) electrons. The molecule has 8 aromatic rings. The van der Waals surface area contributed by atoms with E-state index in [1.54, 1.807) is 63.2 Å². The highest BCUT2D eigenvalue weighted by Crippen LogP contribution is 2.44. The van der Waals surface area contributed by atoms with Crippen LogP contribution >= 0.6 is 0 Å². The fourth-order valence-corrected chi connectivity index (χ4v) is 11.4. The van der Waals surface area contributed by atoms with Crippen molar-refractivity contribution in [2.45, 2.75) is 50.3 Å². The summed E-state index contributed by atoms with van der Waals surface area (Å²) in [6.07, 6.45) is 0. The van der Waals surface area contributed by atoms with Crippen LogP contribution in [0.1, 0.15) is 76.4 Å². The SMILES string of the molecule is COc1ccc(CN2C(=O)C(c3ccccc3)(c3ccccc3)N=C2Nc2cccc(C3(c4ccccc4)N=C(N)N(Cc4ccc(OC)c(C(=O)N5Cc6cccc(F)c6C5)c4)C3=O)c2)cc1C(=O)N1Cc2ccccc2C1. The van der Waals surface area contributed by atoms with Crippen LogP contribution < -0.4 is 20.5 Å². The zero-order valence-electron chi connectivity index (χ0n) is 43.3. The molecule has 0 bridgehead atoms. The Kier molecular flexibility index (Phi) is 12.8. The number of halogens is 1. The minimum atomic E-state index is -1.67. The van der Waals surface area contributed by atoms with E-state index < -0.39 is 17.0 Å². The van der Waals surface area contributed by atoms with Gasteiger partial charge in [0.15, 0.2) is 17.0 Å². The maximum atomic E-state index is 15.7. The number of hydrogen-bond acceptors (Lipinski definition) is 10. The number of rotatable bonds is 13. The maximum Gasteiger partial charge on any atom is 0.266 e.